The summed E-state index contributed by atoms with van der Waals surface area (Å²) >= 11 is 0. The van der Waals surface area contributed by atoms with Crippen LogP contribution in [0.2, 0.25) is 0 Å². The standard InChI is InChI=1S/C16H33N/c1-3-5-6-7-9-12-16(15-17-4-2)13-10-8-11-14-16/h17H,3-15H2,1-2H3. The highest BCUT2D eigenvalue weighted by Gasteiger charge is 2.30. The topological polar surface area (TPSA) is 12.0 Å². The quantitative estimate of drug-likeness (QED) is 0.564. The molecule has 0 unspecified atom stereocenters. The van der Waals surface area contributed by atoms with Gasteiger partial charge in [0.1, 0.15) is 0 Å². The molecule has 0 amide bonds. The summed E-state index contributed by atoms with van der Waals surface area (Å²) in [5.74, 6) is 0. The first-order valence-corrected chi connectivity index (χ1v) is 8.04. The Morgan fingerprint density at radius 2 is 1.59 bits per heavy atom. The fourth-order valence-corrected chi connectivity index (χ4v) is 3.31. The Balaban J connectivity index is 2.24. The lowest BCUT2D eigenvalue weighted by atomic mass is 9.70. The van der Waals surface area contributed by atoms with Crippen LogP contribution in [0.4, 0.5) is 0 Å². The maximum absolute atomic E-state index is 3.61. The second-order valence-corrected chi connectivity index (χ2v) is 6.01. The lowest BCUT2D eigenvalue weighted by molar-refractivity contribution is 0.162. The zero-order chi connectivity index (χ0) is 12.4. The van der Waals surface area contributed by atoms with Crippen LogP contribution in [0.1, 0.15) is 84.5 Å². The van der Waals surface area contributed by atoms with Crippen molar-refractivity contribution in [3.63, 3.8) is 0 Å². The average molecular weight is 239 g/mol. The van der Waals surface area contributed by atoms with Crippen LogP contribution in [0.5, 0.6) is 0 Å². The van der Waals surface area contributed by atoms with E-state index >= 15 is 0 Å². The fourth-order valence-electron chi connectivity index (χ4n) is 3.31. The van der Waals surface area contributed by atoms with E-state index in [4.69, 9.17) is 0 Å². The minimum Gasteiger partial charge on any atom is -0.316 e. The van der Waals surface area contributed by atoms with E-state index in [1.54, 1.807) is 0 Å². The molecule has 17 heavy (non-hydrogen) atoms. The zero-order valence-corrected chi connectivity index (χ0v) is 12.2. The van der Waals surface area contributed by atoms with Crippen LogP contribution in [0.15, 0.2) is 0 Å². The van der Waals surface area contributed by atoms with Crippen molar-refractivity contribution in [1.82, 2.24) is 5.32 Å². The first-order valence-electron chi connectivity index (χ1n) is 8.04. The van der Waals surface area contributed by atoms with Gasteiger partial charge in [0.05, 0.1) is 0 Å². The SMILES string of the molecule is CCCCCCCC1(CNCC)CCCCC1. The monoisotopic (exact) mass is 239 g/mol. The first kappa shape index (κ1) is 15.0. The van der Waals surface area contributed by atoms with E-state index in [-0.39, 0.29) is 0 Å². The summed E-state index contributed by atoms with van der Waals surface area (Å²) in [6.07, 6.45) is 16.0. The summed E-state index contributed by atoms with van der Waals surface area (Å²) in [7, 11) is 0. The predicted octanol–water partition coefficient (Wildman–Crippen LogP) is 4.91. The third-order valence-electron chi connectivity index (χ3n) is 4.47. The maximum atomic E-state index is 3.61. The Hall–Kier alpha value is -0.0400. The molecule has 0 heterocycles. The summed E-state index contributed by atoms with van der Waals surface area (Å²) in [4.78, 5) is 0. The Morgan fingerprint density at radius 3 is 2.24 bits per heavy atom. The van der Waals surface area contributed by atoms with Crippen molar-refractivity contribution in [2.24, 2.45) is 5.41 Å². The van der Waals surface area contributed by atoms with Gasteiger partial charge in [-0.1, -0.05) is 65.2 Å². The normalized spacial score (nSPS) is 19.4. The molecule has 0 aromatic carbocycles. The predicted molar refractivity (Wildman–Crippen MR) is 77.4 cm³/mol. The number of hydrogen-bond donors (Lipinski definition) is 1. The van der Waals surface area contributed by atoms with Gasteiger partial charge in [0.2, 0.25) is 0 Å². The van der Waals surface area contributed by atoms with Crippen LogP contribution >= 0.6 is 0 Å². The highest BCUT2D eigenvalue weighted by atomic mass is 14.9. The van der Waals surface area contributed by atoms with Gasteiger partial charge >= 0.3 is 0 Å². The summed E-state index contributed by atoms with van der Waals surface area (Å²) < 4.78 is 0. The number of rotatable bonds is 9. The molecule has 1 rings (SSSR count). The summed E-state index contributed by atoms with van der Waals surface area (Å²) in [5, 5.41) is 3.61. The molecule has 0 aromatic heterocycles. The fraction of sp³-hybridized carbons (Fsp3) is 1.00. The van der Waals surface area contributed by atoms with Crippen molar-refractivity contribution >= 4 is 0 Å². The Bertz CT molecular complexity index is 170. The molecule has 0 spiro atoms. The zero-order valence-electron chi connectivity index (χ0n) is 12.2. The third kappa shape index (κ3) is 5.90. The van der Waals surface area contributed by atoms with Gasteiger partial charge in [-0.25, -0.2) is 0 Å². The lowest BCUT2D eigenvalue weighted by Crippen LogP contribution is -2.36. The molecule has 1 aliphatic rings. The Morgan fingerprint density at radius 1 is 0.882 bits per heavy atom. The van der Waals surface area contributed by atoms with Gasteiger partial charge in [-0.05, 0) is 31.2 Å². The van der Waals surface area contributed by atoms with Crippen molar-refractivity contribution in [3.8, 4) is 0 Å². The van der Waals surface area contributed by atoms with Crippen LogP contribution in [0.3, 0.4) is 0 Å². The van der Waals surface area contributed by atoms with Crippen molar-refractivity contribution in [1.29, 1.82) is 0 Å². The molecule has 1 aliphatic carbocycles. The van der Waals surface area contributed by atoms with Crippen molar-refractivity contribution < 1.29 is 0 Å². The highest BCUT2D eigenvalue weighted by molar-refractivity contribution is 4.84. The van der Waals surface area contributed by atoms with Crippen LogP contribution in [0.25, 0.3) is 0 Å². The second kappa shape index (κ2) is 8.97. The molecule has 0 bridgehead atoms. The van der Waals surface area contributed by atoms with Gasteiger partial charge in [-0.3, -0.25) is 0 Å². The first-order chi connectivity index (χ1) is 8.33. The van der Waals surface area contributed by atoms with Gasteiger partial charge < -0.3 is 5.32 Å². The van der Waals surface area contributed by atoms with Crippen LogP contribution in [-0.2, 0) is 0 Å². The summed E-state index contributed by atoms with van der Waals surface area (Å²) in [6.45, 7) is 6.94. The molecule has 0 atom stereocenters. The van der Waals surface area contributed by atoms with E-state index in [1.807, 2.05) is 0 Å². The van der Waals surface area contributed by atoms with E-state index in [0.29, 0.717) is 5.41 Å². The van der Waals surface area contributed by atoms with E-state index in [9.17, 15) is 0 Å². The number of nitrogens with one attached hydrogen (secondary N) is 1. The highest BCUT2D eigenvalue weighted by Crippen LogP contribution is 2.40. The number of hydrogen-bond acceptors (Lipinski definition) is 1. The smallest absolute Gasteiger partial charge is 0.000769 e. The molecule has 102 valence electrons. The van der Waals surface area contributed by atoms with Crippen LogP contribution in [0, 0.1) is 5.41 Å². The molecule has 1 saturated carbocycles. The van der Waals surface area contributed by atoms with Crippen molar-refractivity contribution in [3.05, 3.63) is 0 Å². The summed E-state index contributed by atoms with van der Waals surface area (Å²) in [6, 6.07) is 0. The third-order valence-corrected chi connectivity index (χ3v) is 4.47. The lowest BCUT2D eigenvalue weighted by Gasteiger charge is -2.38. The van der Waals surface area contributed by atoms with E-state index in [1.165, 1.54) is 77.2 Å². The second-order valence-electron chi connectivity index (χ2n) is 6.01. The van der Waals surface area contributed by atoms with Gasteiger partial charge in [0.25, 0.3) is 0 Å². The molecule has 1 fully saturated rings. The molecule has 0 saturated heterocycles. The van der Waals surface area contributed by atoms with Crippen molar-refractivity contribution in [2.75, 3.05) is 13.1 Å². The molecule has 0 aliphatic heterocycles. The minimum absolute atomic E-state index is 0.667. The maximum Gasteiger partial charge on any atom is 0.000769 e. The molecular weight excluding hydrogens is 206 g/mol. The molecular formula is C16H33N. The van der Waals surface area contributed by atoms with Gasteiger partial charge in [0.15, 0.2) is 0 Å². The molecule has 1 nitrogen and oxygen atoms in total. The van der Waals surface area contributed by atoms with Crippen LogP contribution < -0.4 is 5.32 Å². The average Bonchev–Trinajstić information content (AvgIpc) is 2.37. The van der Waals surface area contributed by atoms with Gasteiger partial charge in [-0.15, -0.1) is 0 Å². The van der Waals surface area contributed by atoms with Crippen molar-refractivity contribution in [2.45, 2.75) is 84.5 Å². The van der Waals surface area contributed by atoms with E-state index in [2.05, 4.69) is 19.2 Å². The number of unbranched alkanes of at least 4 members (excludes halogenated alkanes) is 4. The largest absolute Gasteiger partial charge is 0.316 e. The van der Waals surface area contributed by atoms with Crippen LogP contribution in [-0.4, -0.2) is 13.1 Å². The van der Waals surface area contributed by atoms with E-state index in [0.717, 1.165) is 6.54 Å². The molecule has 1 heteroatoms. The summed E-state index contributed by atoms with van der Waals surface area (Å²) in [5.41, 5.74) is 0.667. The van der Waals surface area contributed by atoms with Gasteiger partial charge in [-0.2, -0.15) is 0 Å². The Labute approximate surface area is 109 Å². The molecule has 0 aromatic rings. The molecule has 1 N–H and O–H groups in total. The molecule has 0 radical (unpaired) electrons. The minimum atomic E-state index is 0.667. The van der Waals surface area contributed by atoms with Gasteiger partial charge in [0, 0.05) is 6.54 Å². The Kier molecular flexibility index (Phi) is 7.92. The van der Waals surface area contributed by atoms with E-state index < -0.39 is 0 Å².